The lowest BCUT2D eigenvalue weighted by atomic mass is 10.1. The van der Waals surface area contributed by atoms with Crippen molar-refractivity contribution in [2.75, 3.05) is 6.61 Å². The van der Waals surface area contributed by atoms with Crippen LogP contribution in [0.2, 0.25) is 0 Å². The Bertz CT molecular complexity index is 1410. The summed E-state index contributed by atoms with van der Waals surface area (Å²) in [5.41, 5.74) is 8.06. The highest BCUT2D eigenvalue weighted by Gasteiger charge is 2.19. The number of benzene rings is 2. The zero-order chi connectivity index (χ0) is 21.7. The molecule has 5 aromatic rings. The first-order chi connectivity index (χ1) is 15.0. The van der Waals surface area contributed by atoms with Crippen LogP contribution in [-0.4, -0.2) is 20.8 Å². The number of hydrogen-bond donors (Lipinski definition) is 0. The predicted octanol–water partition coefficient (Wildman–Crippen LogP) is 7.03. The number of rotatable bonds is 4. The Morgan fingerprint density at radius 1 is 0.871 bits per heavy atom. The molecule has 0 saturated carbocycles. The standard InChI is InChI=1S/C26H24BrN3O/c1-5-31-23-12-10-22(11-13-23)30-17(3)25-16(2)28-29-15-20(14-24(29)26(25)18(30)4)19-6-8-21(27)9-7-19/h6-15H,5H2,1-4H3. The highest BCUT2D eigenvalue weighted by atomic mass is 79.9. The van der Waals surface area contributed by atoms with Crippen molar-refractivity contribution in [1.29, 1.82) is 0 Å². The van der Waals surface area contributed by atoms with Gasteiger partial charge in [0.2, 0.25) is 0 Å². The van der Waals surface area contributed by atoms with Gasteiger partial charge in [0.05, 0.1) is 17.8 Å². The molecule has 2 aromatic carbocycles. The summed E-state index contributed by atoms with van der Waals surface area (Å²) in [6.07, 6.45) is 2.12. The molecule has 4 nitrogen and oxygen atoms in total. The first-order valence-electron chi connectivity index (χ1n) is 10.5. The van der Waals surface area contributed by atoms with Crippen LogP contribution in [0.15, 0.2) is 65.3 Å². The van der Waals surface area contributed by atoms with Gasteiger partial charge in [0, 0.05) is 44.1 Å². The maximum Gasteiger partial charge on any atom is 0.119 e. The Labute approximate surface area is 190 Å². The molecule has 156 valence electrons. The van der Waals surface area contributed by atoms with E-state index in [0.29, 0.717) is 6.61 Å². The van der Waals surface area contributed by atoms with Gasteiger partial charge in [0.25, 0.3) is 0 Å². The normalized spacial score (nSPS) is 11.5. The molecule has 0 saturated heterocycles. The van der Waals surface area contributed by atoms with Crippen LogP contribution in [0.5, 0.6) is 5.75 Å². The summed E-state index contributed by atoms with van der Waals surface area (Å²) < 4.78 is 11.0. The zero-order valence-electron chi connectivity index (χ0n) is 18.1. The highest BCUT2D eigenvalue weighted by molar-refractivity contribution is 9.10. The molecule has 5 heteroatoms. The third kappa shape index (κ3) is 3.24. The zero-order valence-corrected chi connectivity index (χ0v) is 19.7. The fourth-order valence-corrected chi connectivity index (χ4v) is 4.84. The Morgan fingerprint density at radius 3 is 2.23 bits per heavy atom. The molecule has 3 heterocycles. The number of aromatic nitrogens is 3. The van der Waals surface area contributed by atoms with Crippen molar-refractivity contribution in [2.45, 2.75) is 27.7 Å². The summed E-state index contributed by atoms with van der Waals surface area (Å²) >= 11 is 3.52. The summed E-state index contributed by atoms with van der Waals surface area (Å²) in [5, 5.41) is 7.36. The first kappa shape index (κ1) is 19.9. The van der Waals surface area contributed by atoms with E-state index in [1.807, 2.05) is 23.6 Å². The van der Waals surface area contributed by atoms with Gasteiger partial charge in [-0.25, -0.2) is 4.52 Å². The van der Waals surface area contributed by atoms with Gasteiger partial charge in [-0.05, 0) is 75.7 Å². The van der Waals surface area contributed by atoms with Gasteiger partial charge in [-0.3, -0.25) is 0 Å². The van der Waals surface area contributed by atoms with Gasteiger partial charge in [0.1, 0.15) is 5.75 Å². The molecule has 0 radical (unpaired) electrons. The van der Waals surface area contributed by atoms with E-state index in [-0.39, 0.29) is 0 Å². The van der Waals surface area contributed by atoms with E-state index in [0.717, 1.165) is 32.7 Å². The molecule has 0 N–H and O–H groups in total. The Balaban J connectivity index is 1.73. The fourth-order valence-electron chi connectivity index (χ4n) is 4.57. The average molecular weight is 474 g/mol. The number of nitrogens with zero attached hydrogens (tertiary/aromatic N) is 3. The molecule has 0 atom stereocenters. The van der Waals surface area contributed by atoms with Crippen LogP contribution >= 0.6 is 15.9 Å². The Morgan fingerprint density at radius 2 is 1.55 bits per heavy atom. The van der Waals surface area contributed by atoms with E-state index in [2.05, 4.69) is 89.9 Å². The minimum atomic E-state index is 0.669. The minimum Gasteiger partial charge on any atom is -0.494 e. The first-order valence-corrected chi connectivity index (χ1v) is 11.3. The van der Waals surface area contributed by atoms with Crippen molar-refractivity contribution in [2.24, 2.45) is 0 Å². The van der Waals surface area contributed by atoms with Crippen LogP contribution in [0.3, 0.4) is 0 Å². The monoisotopic (exact) mass is 473 g/mol. The molecule has 3 aromatic heterocycles. The van der Waals surface area contributed by atoms with E-state index in [4.69, 9.17) is 9.84 Å². The SMILES string of the molecule is CCOc1ccc(-n2c(C)c3c(C)nn4cc(-c5ccc(Br)cc5)cc4c3c2C)cc1. The highest BCUT2D eigenvalue weighted by Crippen LogP contribution is 2.35. The lowest BCUT2D eigenvalue weighted by molar-refractivity contribution is 0.340. The van der Waals surface area contributed by atoms with Crippen molar-refractivity contribution in [3.05, 3.63) is 82.3 Å². The van der Waals surface area contributed by atoms with Gasteiger partial charge in [-0.15, -0.1) is 0 Å². The maximum atomic E-state index is 5.62. The third-order valence-electron chi connectivity index (χ3n) is 5.90. The van der Waals surface area contributed by atoms with Crippen molar-refractivity contribution in [1.82, 2.24) is 14.2 Å². The fraction of sp³-hybridized carbons (Fsp3) is 0.192. The van der Waals surface area contributed by atoms with Crippen LogP contribution in [0, 0.1) is 20.8 Å². The number of hydrogen-bond acceptors (Lipinski definition) is 2. The largest absolute Gasteiger partial charge is 0.494 e. The van der Waals surface area contributed by atoms with Crippen LogP contribution in [0.4, 0.5) is 0 Å². The van der Waals surface area contributed by atoms with E-state index in [9.17, 15) is 0 Å². The number of halogens is 1. The second-order valence-corrected chi connectivity index (χ2v) is 8.75. The van der Waals surface area contributed by atoms with E-state index in [1.165, 1.54) is 27.7 Å². The molecule has 0 unspecified atom stereocenters. The average Bonchev–Trinajstić information content (AvgIpc) is 3.28. The number of aryl methyl sites for hydroxylation is 3. The number of fused-ring (bicyclic) bond motifs is 3. The predicted molar refractivity (Wildman–Crippen MR) is 131 cm³/mol. The molecular formula is C26H24BrN3O. The third-order valence-corrected chi connectivity index (χ3v) is 6.43. The van der Waals surface area contributed by atoms with Crippen LogP contribution in [-0.2, 0) is 0 Å². The molecule has 31 heavy (non-hydrogen) atoms. The van der Waals surface area contributed by atoms with E-state index < -0.39 is 0 Å². The molecule has 0 amide bonds. The molecule has 0 aliphatic carbocycles. The summed E-state index contributed by atoms with van der Waals surface area (Å²) in [6, 6.07) is 19.0. The summed E-state index contributed by atoms with van der Waals surface area (Å²) in [5.74, 6) is 0.893. The second kappa shape index (κ2) is 7.57. The van der Waals surface area contributed by atoms with Crippen LogP contribution < -0.4 is 4.74 Å². The lowest BCUT2D eigenvalue weighted by Gasteiger charge is -2.10. The van der Waals surface area contributed by atoms with Crippen LogP contribution in [0.1, 0.15) is 24.0 Å². The Hall–Kier alpha value is -3.05. The molecule has 5 rings (SSSR count). The molecule has 0 bridgehead atoms. The van der Waals surface area contributed by atoms with Gasteiger partial charge in [-0.2, -0.15) is 5.10 Å². The van der Waals surface area contributed by atoms with Gasteiger partial charge in [-0.1, -0.05) is 28.1 Å². The summed E-state index contributed by atoms with van der Waals surface area (Å²) in [6.45, 7) is 9.13. The minimum absolute atomic E-state index is 0.669. The quantitative estimate of drug-likeness (QED) is 0.280. The maximum absolute atomic E-state index is 5.62. The smallest absolute Gasteiger partial charge is 0.119 e. The van der Waals surface area contributed by atoms with E-state index >= 15 is 0 Å². The van der Waals surface area contributed by atoms with Crippen molar-refractivity contribution >= 4 is 32.2 Å². The summed E-state index contributed by atoms with van der Waals surface area (Å²) in [7, 11) is 0. The molecule has 0 spiro atoms. The molecule has 0 aliphatic rings. The van der Waals surface area contributed by atoms with Crippen molar-refractivity contribution in [3.8, 4) is 22.6 Å². The van der Waals surface area contributed by atoms with Gasteiger partial charge in [0.15, 0.2) is 0 Å². The topological polar surface area (TPSA) is 31.5 Å². The Kier molecular flexibility index (Phi) is 4.86. The molecule has 0 fully saturated rings. The van der Waals surface area contributed by atoms with Crippen LogP contribution in [0.25, 0.3) is 33.1 Å². The van der Waals surface area contributed by atoms with Gasteiger partial charge < -0.3 is 9.30 Å². The molecular weight excluding hydrogens is 450 g/mol. The number of ether oxygens (including phenoxy) is 1. The van der Waals surface area contributed by atoms with Gasteiger partial charge >= 0.3 is 0 Å². The second-order valence-electron chi connectivity index (χ2n) is 7.83. The van der Waals surface area contributed by atoms with Crippen molar-refractivity contribution in [3.63, 3.8) is 0 Å². The van der Waals surface area contributed by atoms with E-state index in [1.54, 1.807) is 0 Å². The van der Waals surface area contributed by atoms with Crippen molar-refractivity contribution < 1.29 is 4.74 Å². The lowest BCUT2D eigenvalue weighted by Crippen LogP contribution is -1.99. The summed E-state index contributed by atoms with van der Waals surface area (Å²) in [4.78, 5) is 0. The molecule has 0 aliphatic heterocycles.